The molecule has 29 heavy (non-hydrogen) atoms. The molecule has 6 nitrogen and oxygen atoms in total. The van der Waals surface area contributed by atoms with Crippen molar-refractivity contribution in [2.75, 3.05) is 26.2 Å². The van der Waals surface area contributed by atoms with Crippen molar-refractivity contribution in [1.82, 2.24) is 15.0 Å². The van der Waals surface area contributed by atoms with E-state index in [4.69, 9.17) is 5.84 Å². The highest BCUT2D eigenvalue weighted by Gasteiger charge is 2.20. The Labute approximate surface area is 180 Å². The highest BCUT2D eigenvalue weighted by molar-refractivity contribution is 5.83. The Morgan fingerprint density at radius 3 is 1.59 bits per heavy atom. The van der Waals surface area contributed by atoms with Crippen LogP contribution in [0.4, 0.5) is 0 Å². The second-order valence-electron chi connectivity index (χ2n) is 7.92. The predicted octanol–water partition coefficient (Wildman–Crippen LogP) is 4.89. The van der Waals surface area contributed by atoms with Crippen molar-refractivity contribution in [1.29, 1.82) is 0 Å². The number of hydrazine groups is 2. The number of amides is 2. The zero-order chi connectivity index (χ0) is 21.9. The summed E-state index contributed by atoms with van der Waals surface area (Å²) in [6, 6.07) is 0. The number of carbonyl (C=O) groups is 2. The predicted molar refractivity (Wildman–Crippen MR) is 122 cm³/mol. The molecule has 0 aliphatic rings. The molecule has 0 atom stereocenters. The van der Waals surface area contributed by atoms with Crippen molar-refractivity contribution >= 4 is 11.8 Å². The van der Waals surface area contributed by atoms with Gasteiger partial charge in [-0.15, -0.1) is 0 Å². The molecule has 0 aliphatic carbocycles. The summed E-state index contributed by atoms with van der Waals surface area (Å²) in [5.74, 6) is 5.78. The normalized spacial score (nSPS) is 11.1. The molecule has 0 spiro atoms. The molecule has 6 heteroatoms. The maximum atomic E-state index is 12.5. The van der Waals surface area contributed by atoms with E-state index in [9.17, 15) is 9.59 Å². The molecule has 172 valence electrons. The summed E-state index contributed by atoms with van der Waals surface area (Å²) < 4.78 is 0. The average molecular weight is 413 g/mol. The second-order valence-corrected chi connectivity index (χ2v) is 7.92. The summed E-state index contributed by atoms with van der Waals surface area (Å²) in [5, 5.41) is 5.12. The fourth-order valence-corrected chi connectivity index (χ4v) is 3.58. The summed E-state index contributed by atoms with van der Waals surface area (Å²) in [7, 11) is 0. The largest absolute Gasteiger partial charge is 0.281 e. The van der Waals surface area contributed by atoms with E-state index in [-0.39, 0.29) is 24.7 Å². The molecule has 0 radical (unpaired) electrons. The van der Waals surface area contributed by atoms with Gasteiger partial charge in [-0.25, -0.2) is 10.9 Å². The van der Waals surface area contributed by atoms with Gasteiger partial charge in [0.15, 0.2) is 0 Å². The van der Waals surface area contributed by atoms with E-state index in [1.807, 2.05) is 18.9 Å². The van der Waals surface area contributed by atoms with E-state index < -0.39 is 0 Å². The molecule has 0 aromatic rings. The molecule has 0 saturated carbocycles. The molecule has 0 aliphatic heterocycles. The van der Waals surface area contributed by atoms with E-state index in [2.05, 4.69) is 13.8 Å². The molecule has 0 aromatic heterocycles. The van der Waals surface area contributed by atoms with Crippen molar-refractivity contribution in [3.8, 4) is 0 Å². The lowest BCUT2D eigenvalue weighted by Crippen LogP contribution is -2.47. The fraction of sp³-hybridized carbons (Fsp3) is 0.913. The highest BCUT2D eigenvalue weighted by atomic mass is 16.2. The minimum atomic E-state index is -0.134. The van der Waals surface area contributed by atoms with Gasteiger partial charge in [-0.05, 0) is 12.8 Å². The highest BCUT2D eigenvalue weighted by Crippen LogP contribution is 2.11. The van der Waals surface area contributed by atoms with Gasteiger partial charge in [-0.1, -0.05) is 85.5 Å². The van der Waals surface area contributed by atoms with Gasteiger partial charge in [0.25, 0.3) is 0 Å². The van der Waals surface area contributed by atoms with E-state index in [0.29, 0.717) is 13.1 Å². The quantitative estimate of drug-likeness (QED) is 0.142. The van der Waals surface area contributed by atoms with Crippen LogP contribution >= 0.6 is 0 Å². The van der Waals surface area contributed by atoms with Crippen LogP contribution in [0.1, 0.15) is 111 Å². The van der Waals surface area contributed by atoms with E-state index >= 15 is 0 Å². The van der Waals surface area contributed by atoms with Crippen molar-refractivity contribution in [2.24, 2.45) is 5.84 Å². The van der Waals surface area contributed by atoms with Gasteiger partial charge in [0.05, 0.1) is 0 Å². The van der Waals surface area contributed by atoms with Crippen molar-refractivity contribution in [2.45, 2.75) is 111 Å². The summed E-state index contributed by atoms with van der Waals surface area (Å²) >= 11 is 0. The standard InChI is InChI=1S/C23H48N4O2/c1-5-9-10-11-12-13-14-15-16-17-21-26(24)22(28)18-19-23(29)27(20-6-2)25(7-3)8-4/h5-21,24H2,1-4H3. The second kappa shape index (κ2) is 18.9. The van der Waals surface area contributed by atoms with Crippen molar-refractivity contribution in [3.63, 3.8) is 0 Å². The van der Waals surface area contributed by atoms with Crippen LogP contribution in [0.15, 0.2) is 0 Å². The number of nitrogens with zero attached hydrogens (tertiary/aromatic N) is 3. The Morgan fingerprint density at radius 1 is 0.621 bits per heavy atom. The number of unbranched alkanes of at least 4 members (excludes halogenated alkanes) is 9. The third kappa shape index (κ3) is 13.7. The topological polar surface area (TPSA) is 69.9 Å². The van der Waals surface area contributed by atoms with Crippen LogP contribution in [0, 0.1) is 0 Å². The molecule has 0 saturated heterocycles. The Bertz CT molecular complexity index is 414. The molecule has 0 bridgehead atoms. The first-order chi connectivity index (χ1) is 14.0. The Kier molecular flexibility index (Phi) is 18.1. The van der Waals surface area contributed by atoms with Gasteiger partial charge in [-0.2, -0.15) is 0 Å². The zero-order valence-electron chi connectivity index (χ0n) is 19.8. The fourth-order valence-electron chi connectivity index (χ4n) is 3.58. The van der Waals surface area contributed by atoms with Crippen LogP contribution in [-0.4, -0.2) is 53.0 Å². The van der Waals surface area contributed by atoms with Crippen molar-refractivity contribution in [3.05, 3.63) is 0 Å². The molecule has 0 heterocycles. The zero-order valence-corrected chi connectivity index (χ0v) is 19.8. The summed E-state index contributed by atoms with van der Waals surface area (Å²) in [6.07, 6.45) is 13.9. The molecule has 0 rings (SSSR count). The SMILES string of the molecule is CCCCCCCCCCCCN(N)C(=O)CCC(=O)N(CCC)N(CC)CC. The number of hydrogen-bond donors (Lipinski definition) is 1. The van der Waals surface area contributed by atoms with Crippen LogP contribution in [0.5, 0.6) is 0 Å². The van der Waals surface area contributed by atoms with Crippen LogP contribution < -0.4 is 5.84 Å². The van der Waals surface area contributed by atoms with Gasteiger partial charge < -0.3 is 0 Å². The lowest BCUT2D eigenvalue weighted by molar-refractivity contribution is -0.150. The first kappa shape index (κ1) is 27.9. The summed E-state index contributed by atoms with van der Waals surface area (Å²) in [5.41, 5.74) is 0. The van der Waals surface area contributed by atoms with E-state index in [1.54, 1.807) is 5.01 Å². The minimum Gasteiger partial charge on any atom is -0.281 e. The van der Waals surface area contributed by atoms with Crippen LogP contribution in [0.2, 0.25) is 0 Å². The number of nitrogens with two attached hydrogens (primary N) is 1. The molecule has 2 amide bonds. The average Bonchev–Trinajstić information content (AvgIpc) is 2.73. The lowest BCUT2D eigenvalue weighted by Gasteiger charge is -2.33. The van der Waals surface area contributed by atoms with Gasteiger partial charge >= 0.3 is 0 Å². The smallest absolute Gasteiger partial charge is 0.237 e. The van der Waals surface area contributed by atoms with Gasteiger partial charge in [0, 0.05) is 39.0 Å². The first-order valence-electron chi connectivity index (χ1n) is 12.1. The number of rotatable bonds is 19. The van der Waals surface area contributed by atoms with Gasteiger partial charge in [0.1, 0.15) is 0 Å². The van der Waals surface area contributed by atoms with E-state index in [1.165, 1.54) is 56.4 Å². The molecule has 0 fully saturated rings. The summed E-state index contributed by atoms with van der Waals surface area (Å²) in [4.78, 5) is 24.8. The number of hydrogen-bond acceptors (Lipinski definition) is 4. The minimum absolute atomic E-state index is 0.0104. The molecular formula is C23H48N4O2. The van der Waals surface area contributed by atoms with Crippen LogP contribution in [-0.2, 0) is 9.59 Å². The third-order valence-electron chi connectivity index (χ3n) is 5.42. The molecule has 2 N–H and O–H groups in total. The third-order valence-corrected chi connectivity index (χ3v) is 5.42. The molecular weight excluding hydrogens is 364 g/mol. The van der Waals surface area contributed by atoms with E-state index in [0.717, 1.165) is 32.4 Å². The molecule has 0 unspecified atom stereocenters. The van der Waals surface area contributed by atoms with Crippen molar-refractivity contribution < 1.29 is 9.59 Å². The Morgan fingerprint density at radius 2 is 1.10 bits per heavy atom. The monoisotopic (exact) mass is 412 g/mol. The molecule has 0 aromatic carbocycles. The number of carbonyl (C=O) groups excluding carboxylic acids is 2. The van der Waals surface area contributed by atoms with Crippen LogP contribution in [0.3, 0.4) is 0 Å². The lowest BCUT2D eigenvalue weighted by atomic mass is 10.1. The Hall–Kier alpha value is -1.14. The first-order valence-corrected chi connectivity index (χ1v) is 12.1. The van der Waals surface area contributed by atoms with Crippen LogP contribution in [0.25, 0.3) is 0 Å². The maximum absolute atomic E-state index is 12.5. The Balaban J connectivity index is 3.94. The van der Waals surface area contributed by atoms with Gasteiger partial charge in [-0.3, -0.25) is 19.6 Å². The maximum Gasteiger partial charge on any atom is 0.237 e. The summed E-state index contributed by atoms with van der Waals surface area (Å²) in [6.45, 7) is 11.2. The van der Waals surface area contributed by atoms with Gasteiger partial charge in [0.2, 0.25) is 11.8 Å².